The van der Waals surface area contributed by atoms with E-state index in [0.717, 1.165) is 33.6 Å². The Bertz CT molecular complexity index is 1620. The van der Waals surface area contributed by atoms with Crippen LogP contribution < -0.4 is 9.62 Å². The highest BCUT2D eigenvalue weighted by Gasteiger charge is 2.23. The van der Waals surface area contributed by atoms with Crippen LogP contribution in [0.15, 0.2) is 65.8 Å². The van der Waals surface area contributed by atoms with Crippen LogP contribution in [0.5, 0.6) is 0 Å². The number of sulfonamides is 1. The van der Waals surface area contributed by atoms with Gasteiger partial charge in [0.15, 0.2) is 5.15 Å². The Balaban J connectivity index is 1.46. The van der Waals surface area contributed by atoms with Gasteiger partial charge in [0, 0.05) is 43.3 Å². The number of hydrogen-bond donors (Lipinski definition) is 1. The fourth-order valence-electron chi connectivity index (χ4n) is 4.06. The maximum absolute atomic E-state index is 12.8. The standard InChI is InChI=1S/C24H20Cl2N6O3S2/c1-2-21(33)31-7-9-32(10-8-31)24-17-11-15(3-4-18(17)28-14-29-24)16-12-19(23(26)27-13-16)30-37(34,35)22-6-5-20(25)36-22/h2-6,11-14,30H,1,7-10H2. The zero-order valence-corrected chi connectivity index (χ0v) is 22.4. The lowest BCUT2D eigenvalue weighted by Crippen LogP contribution is -2.48. The average molecular weight is 576 g/mol. The minimum Gasteiger partial charge on any atom is -0.352 e. The van der Waals surface area contributed by atoms with Gasteiger partial charge in [-0.25, -0.2) is 23.4 Å². The monoisotopic (exact) mass is 574 g/mol. The number of rotatable bonds is 6. The van der Waals surface area contributed by atoms with Crippen LogP contribution >= 0.6 is 34.5 Å². The van der Waals surface area contributed by atoms with E-state index in [9.17, 15) is 13.2 Å². The molecule has 0 unspecified atom stereocenters. The Morgan fingerprint density at radius 1 is 1.03 bits per heavy atom. The summed E-state index contributed by atoms with van der Waals surface area (Å²) >= 11 is 13.1. The highest BCUT2D eigenvalue weighted by Crippen LogP contribution is 2.33. The highest BCUT2D eigenvalue weighted by molar-refractivity contribution is 7.94. The van der Waals surface area contributed by atoms with Crippen molar-refractivity contribution in [3.05, 3.63) is 71.1 Å². The summed E-state index contributed by atoms with van der Waals surface area (Å²) in [6, 6.07) is 10.3. The normalized spacial score (nSPS) is 14.1. The van der Waals surface area contributed by atoms with Crippen molar-refractivity contribution in [2.75, 3.05) is 35.8 Å². The molecule has 1 aliphatic rings. The van der Waals surface area contributed by atoms with E-state index < -0.39 is 10.0 Å². The van der Waals surface area contributed by atoms with Gasteiger partial charge in [-0.05, 0) is 42.0 Å². The molecule has 1 aliphatic heterocycles. The summed E-state index contributed by atoms with van der Waals surface area (Å²) in [5.41, 5.74) is 2.35. The van der Waals surface area contributed by atoms with Crippen molar-refractivity contribution in [2.45, 2.75) is 4.21 Å². The van der Waals surface area contributed by atoms with E-state index in [0.29, 0.717) is 36.1 Å². The Hall–Kier alpha value is -3.25. The second-order valence-electron chi connectivity index (χ2n) is 8.17. The zero-order chi connectivity index (χ0) is 26.2. The second-order valence-corrected chi connectivity index (χ2v) is 12.2. The number of halogens is 2. The van der Waals surface area contributed by atoms with Gasteiger partial charge in [0.25, 0.3) is 10.0 Å². The molecule has 5 rings (SSSR count). The van der Waals surface area contributed by atoms with E-state index in [1.807, 2.05) is 18.2 Å². The molecule has 9 nitrogen and oxygen atoms in total. The van der Waals surface area contributed by atoms with Gasteiger partial charge in [-0.3, -0.25) is 9.52 Å². The molecule has 0 radical (unpaired) electrons. The number of nitrogens with zero attached hydrogens (tertiary/aromatic N) is 5. The lowest BCUT2D eigenvalue weighted by molar-refractivity contribution is -0.126. The molecule has 1 aromatic carbocycles. The van der Waals surface area contributed by atoms with Crippen molar-refractivity contribution in [1.82, 2.24) is 19.9 Å². The predicted molar refractivity (Wildman–Crippen MR) is 147 cm³/mol. The van der Waals surface area contributed by atoms with Crippen molar-refractivity contribution in [3.63, 3.8) is 0 Å². The number of anilines is 2. The molecular formula is C24H20Cl2N6O3S2. The molecule has 0 aliphatic carbocycles. The Morgan fingerprint density at radius 3 is 2.51 bits per heavy atom. The maximum atomic E-state index is 12.8. The molecule has 0 spiro atoms. The van der Waals surface area contributed by atoms with Crippen molar-refractivity contribution < 1.29 is 13.2 Å². The molecule has 190 valence electrons. The first-order valence-electron chi connectivity index (χ1n) is 11.1. The number of hydrogen-bond acceptors (Lipinski definition) is 8. The van der Waals surface area contributed by atoms with Gasteiger partial charge >= 0.3 is 0 Å². The number of fused-ring (bicyclic) bond motifs is 1. The predicted octanol–water partition coefficient (Wildman–Crippen LogP) is 4.70. The van der Waals surface area contributed by atoms with Crippen LogP contribution in [-0.4, -0.2) is 60.4 Å². The van der Waals surface area contributed by atoms with Crippen LogP contribution in [-0.2, 0) is 14.8 Å². The highest BCUT2D eigenvalue weighted by atomic mass is 35.5. The van der Waals surface area contributed by atoms with Gasteiger partial charge in [-0.2, -0.15) is 0 Å². The molecule has 0 atom stereocenters. The number of thiophene rings is 1. The number of carbonyl (C=O) groups excluding carboxylic acids is 1. The summed E-state index contributed by atoms with van der Waals surface area (Å²) in [5.74, 6) is 0.674. The van der Waals surface area contributed by atoms with Crippen LogP contribution in [0.1, 0.15) is 0 Å². The average Bonchev–Trinajstić information content (AvgIpc) is 3.36. The summed E-state index contributed by atoms with van der Waals surface area (Å²) in [4.78, 5) is 28.9. The number of aromatic nitrogens is 3. The molecule has 4 aromatic rings. The van der Waals surface area contributed by atoms with Crippen LogP contribution in [0.3, 0.4) is 0 Å². The SMILES string of the molecule is C=CC(=O)N1CCN(c2ncnc3ccc(-c4cnc(Cl)c(NS(=O)(=O)c5ccc(Cl)s5)c4)cc23)CC1. The Labute approximate surface area is 227 Å². The summed E-state index contributed by atoms with van der Waals surface area (Å²) in [6.45, 7) is 5.93. The van der Waals surface area contributed by atoms with E-state index in [-0.39, 0.29) is 21.0 Å². The van der Waals surface area contributed by atoms with E-state index in [1.54, 1.807) is 17.2 Å². The van der Waals surface area contributed by atoms with E-state index in [2.05, 4.69) is 31.2 Å². The lowest BCUT2D eigenvalue weighted by Gasteiger charge is -2.35. The number of benzene rings is 1. The van der Waals surface area contributed by atoms with Crippen LogP contribution in [0.2, 0.25) is 9.49 Å². The maximum Gasteiger partial charge on any atom is 0.271 e. The van der Waals surface area contributed by atoms with E-state index in [4.69, 9.17) is 23.2 Å². The van der Waals surface area contributed by atoms with Crippen molar-refractivity contribution >= 4 is 72.9 Å². The fraction of sp³-hybridized carbons (Fsp3) is 0.167. The molecule has 37 heavy (non-hydrogen) atoms. The molecule has 1 N–H and O–H groups in total. The molecule has 4 heterocycles. The first-order chi connectivity index (χ1) is 17.7. The summed E-state index contributed by atoms with van der Waals surface area (Å²) in [6.07, 6.45) is 4.42. The second kappa shape index (κ2) is 10.3. The molecule has 1 saturated heterocycles. The Kier molecular flexibility index (Phi) is 7.04. The van der Waals surface area contributed by atoms with Gasteiger partial charge in [-0.1, -0.05) is 35.8 Å². The largest absolute Gasteiger partial charge is 0.352 e. The minimum atomic E-state index is -3.88. The molecule has 1 fully saturated rings. The Morgan fingerprint density at radius 2 is 1.81 bits per heavy atom. The number of piperazine rings is 1. The summed E-state index contributed by atoms with van der Waals surface area (Å²) < 4.78 is 28.5. The summed E-state index contributed by atoms with van der Waals surface area (Å²) in [5, 5.41) is 0.848. The third kappa shape index (κ3) is 5.26. The third-order valence-corrected chi connectivity index (χ3v) is 9.30. The van der Waals surface area contributed by atoms with Gasteiger partial charge < -0.3 is 9.80 Å². The quantitative estimate of drug-likeness (QED) is 0.262. The molecule has 3 aromatic heterocycles. The molecule has 0 saturated carbocycles. The van der Waals surface area contributed by atoms with Crippen LogP contribution in [0.25, 0.3) is 22.0 Å². The van der Waals surface area contributed by atoms with E-state index >= 15 is 0 Å². The fourth-order valence-corrected chi connectivity index (χ4v) is 6.80. The first kappa shape index (κ1) is 25.4. The number of amides is 1. The third-order valence-electron chi connectivity index (χ3n) is 5.91. The molecule has 1 amide bonds. The molecule has 13 heteroatoms. The van der Waals surface area contributed by atoms with Gasteiger partial charge in [-0.15, -0.1) is 11.3 Å². The zero-order valence-electron chi connectivity index (χ0n) is 19.3. The van der Waals surface area contributed by atoms with Crippen LogP contribution in [0, 0.1) is 0 Å². The van der Waals surface area contributed by atoms with Crippen molar-refractivity contribution in [1.29, 1.82) is 0 Å². The summed E-state index contributed by atoms with van der Waals surface area (Å²) in [7, 11) is -3.88. The van der Waals surface area contributed by atoms with Gasteiger partial charge in [0.2, 0.25) is 5.91 Å². The van der Waals surface area contributed by atoms with Crippen LogP contribution in [0.4, 0.5) is 11.5 Å². The molecule has 0 bridgehead atoms. The van der Waals surface area contributed by atoms with Crippen molar-refractivity contribution in [3.8, 4) is 11.1 Å². The van der Waals surface area contributed by atoms with Crippen molar-refractivity contribution in [2.24, 2.45) is 0 Å². The van der Waals surface area contributed by atoms with Gasteiger partial charge in [0.05, 0.1) is 15.5 Å². The topological polar surface area (TPSA) is 108 Å². The molecular weight excluding hydrogens is 555 g/mol. The van der Waals surface area contributed by atoms with Gasteiger partial charge in [0.1, 0.15) is 16.4 Å². The van der Waals surface area contributed by atoms with E-state index in [1.165, 1.54) is 24.5 Å². The lowest BCUT2D eigenvalue weighted by atomic mass is 10.0. The minimum absolute atomic E-state index is 0.0201. The number of carbonyl (C=O) groups is 1. The number of nitrogens with one attached hydrogen (secondary N) is 1. The smallest absolute Gasteiger partial charge is 0.271 e. The number of pyridine rings is 1. The first-order valence-corrected chi connectivity index (χ1v) is 14.2.